The van der Waals surface area contributed by atoms with Crippen LogP contribution in [-0.2, 0) is 4.79 Å². The van der Waals surface area contributed by atoms with Crippen molar-refractivity contribution in [3.05, 3.63) is 23.8 Å². The minimum absolute atomic E-state index is 0.0667. The number of ether oxygens (including phenoxy) is 1. The molecule has 2 N–H and O–H groups in total. The highest BCUT2D eigenvalue weighted by atomic mass is 16.5. The molecule has 0 aliphatic carbocycles. The van der Waals surface area contributed by atoms with E-state index >= 15 is 0 Å². The van der Waals surface area contributed by atoms with Crippen LogP contribution in [0, 0.1) is 0 Å². The molecule has 0 aliphatic heterocycles. The van der Waals surface area contributed by atoms with Crippen LogP contribution in [0.25, 0.3) is 0 Å². The van der Waals surface area contributed by atoms with E-state index in [1.54, 1.807) is 6.92 Å². The van der Waals surface area contributed by atoms with Crippen molar-refractivity contribution in [3.8, 4) is 5.75 Å². The molecule has 0 spiro atoms. The van der Waals surface area contributed by atoms with E-state index in [1.165, 1.54) is 25.3 Å². The predicted molar refractivity (Wildman–Crippen MR) is 58.9 cm³/mol. The van der Waals surface area contributed by atoms with E-state index in [0.29, 0.717) is 12.1 Å². The molecule has 1 rings (SSSR count). The molecule has 16 heavy (non-hydrogen) atoms. The number of methoxy groups -OCH3 is 1. The van der Waals surface area contributed by atoms with Gasteiger partial charge in [0.05, 0.1) is 7.11 Å². The molecule has 86 valence electrons. The van der Waals surface area contributed by atoms with E-state index in [1.807, 2.05) is 0 Å². The van der Waals surface area contributed by atoms with Gasteiger partial charge in [-0.25, -0.2) is 4.79 Å². The van der Waals surface area contributed by atoms with Gasteiger partial charge in [0.1, 0.15) is 11.3 Å². The van der Waals surface area contributed by atoms with Gasteiger partial charge in [0.2, 0.25) is 5.91 Å². The van der Waals surface area contributed by atoms with Crippen molar-refractivity contribution in [2.24, 2.45) is 0 Å². The first-order valence-electron chi connectivity index (χ1n) is 4.79. The van der Waals surface area contributed by atoms with E-state index in [-0.39, 0.29) is 17.2 Å². The molecule has 0 saturated carbocycles. The summed E-state index contributed by atoms with van der Waals surface area (Å²) >= 11 is 0. The Labute approximate surface area is 93.0 Å². The fourth-order valence-electron chi connectivity index (χ4n) is 1.20. The SMILES string of the molecule is CCC(=O)Nc1ccc(C(=O)O)c(OC)c1. The van der Waals surface area contributed by atoms with Crippen molar-refractivity contribution >= 4 is 17.6 Å². The highest BCUT2D eigenvalue weighted by Gasteiger charge is 2.11. The summed E-state index contributed by atoms with van der Waals surface area (Å²) in [5.74, 6) is -0.975. The Balaban J connectivity index is 2.99. The van der Waals surface area contributed by atoms with Gasteiger partial charge in [0.25, 0.3) is 0 Å². The highest BCUT2D eigenvalue weighted by Crippen LogP contribution is 2.23. The van der Waals surface area contributed by atoms with Gasteiger partial charge in [-0.15, -0.1) is 0 Å². The standard InChI is InChI=1S/C11H13NO4/c1-3-10(13)12-7-4-5-8(11(14)15)9(6-7)16-2/h4-6H,3H2,1-2H3,(H,12,13)(H,14,15). The number of carboxylic acid groups (broad SMARTS) is 1. The lowest BCUT2D eigenvalue weighted by Crippen LogP contribution is -2.10. The first kappa shape index (κ1) is 12.0. The summed E-state index contributed by atoms with van der Waals surface area (Å²) < 4.78 is 4.93. The molecule has 0 aliphatic rings. The monoisotopic (exact) mass is 223 g/mol. The van der Waals surface area contributed by atoms with Gasteiger partial charge >= 0.3 is 5.97 Å². The summed E-state index contributed by atoms with van der Waals surface area (Å²) in [5.41, 5.74) is 0.589. The quantitative estimate of drug-likeness (QED) is 0.815. The Hall–Kier alpha value is -2.04. The lowest BCUT2D eigenvalue weighted by atomic mass is 10.2. The zero-order valence-electron chi connectivity index (χ0n) is 9.11. The number of nitrogens with one attached hydrogen (secondary N) is 1. The molecule has 0 atom stereocenters. The van der Waals surface area contributed by atoms with Crippen molar-refractivity contribution in [2.75, 3.05) is 12.4 Å². The maximum Gasteiger partial charge on any atom is 0.339 e. The summed E-state index contributed by atoms with van der Waals surface area (Å²) in [6.07, 6.45) is 0.364. The maximum absolute atomic E-state index is 11.1. The summed E-state index contributed by atoms with van der Waals surface area (Å²) in [6, 6.07) is 4.41. The van der Waals surface area contributed by atoms with E-state index in [0.717, 1.165) is 0 Å². The number of benzene rings is 1. The molecule has 0 radical (unpaired) electrons. The number of carboxylic acids is 1. The normalized spacial score (nSPS) is 9.62. The Morgan fingerprint density at radius 2 is 2.12 bits per heavy atom. The fraction of sp³-hybridized carbons (Fsp3) is 0.273. The van der Waals surface area contributed by atoms with Crippen molar-refractivity contribution in [3.63, 3.8) is 0 Å². The number of amides is 1. The van der Waals surface area contributed by atoms with E-state index in [4.69, 9.17) is 9.84 Å². The number of aromatic carboxylic acids is 1. The van der Waals surface area contributed by atoms with Gasteiger partial charge in [0, 0.05) is 18.2 Å². The van der Waals surface area contributed by atoms with Crippen molar-refractivity contribution in [2.45, 2.75) is 13.3 Å². The molecule has 0 aromatic heterocycles. The molecule has 1 aromatic carbocycles. The first-order chi connectivity index (χ1) is 7.58. The van der Waals surface area contributed by atoms with Crippen LogP contribution >= 0.6 is 0 Å². The van der Waals surface area contributed by atoms with Crippen LogP contribution in [0.15, 0.2) is 18.2 Å². The van der Waals surface area contributed by atoms with Gasteiger partial charge in [-0.1, -0.05) is 6.92 Å². The second-order valence-electron chi connectivity index (χ2n) is 3.12. The summed E-state index contributed by atoms with van der Waals surface area (Å²) in [4.78, 5) is 21.9. The third-order valence-corrected chi connectivity index (χ3v) is 2.04. The molecular formula is C11H13NO4. The van der Waals surface area contributed by atoms with E-state index in [9.17, 15) is 9.59 Å². The summed E-state index contributed by atoms with van der Waals surface area (Å²) in [6.45, 7) is 1.73. The van der Waals surface area contributed by atoms with Crippen molar-refractivity contribution in [1.82, 2.24) is 0 Å². The Bertz CT molecular complexity index is 414. The highest BCUT2D eigenvalue weighted by molar-refractivity contribution is 5.94. The van der Waals surface area contributed by atoms with Crippen molar-refractivity contribution < 1.29 is 19.4 Å². The largest absolute Gasteiger partial charge is 0.496 e. The van der Waals surface area contributed by atoms with Gasteiger partial charge in [-0.05, 0) is 12.1 Å². The van der Waals surface area contributed by atoms with Crippen LogP contribution in [-0.4, -0.2) is 24.1 Å². The van der Waals surface area contributed by atoms with Gasteiger partial charge in [-0.3, -0.25) is 4.79 Å². The van der Waals surface area contributed by atoms with Crippen LogP contribution in [0.4, 0.5) is 5.69 Å². The number of rotatable bonds is 4. The second kappa shape index (κ2) is 5.16. The topological polar surface area (TPSA) is 75.6 Å². The van der Waals surface area contributed by atoms with Crippen LogP contribution < -0.4 is 10.1 Å². The average Bonchev–Trinajstić information content (AvgIpc) is 2.28. The zero-order chi connectivity index (χ0) is 12.1. The van der Waals surface area contributed by atoms with E-state index in [2.05, 4.69) is 5.32 Å². The molecular weight excluding hydrogens is 210 g/mol. The molecule has 0 unspecified atom stereocenters. The Morgan fingerprint density at radius 3 is 2.62 bits per heavy atom. The molecule has 5 nitrogen and oxygen atoms in total. The smallest absolute Gasteiger partial charge is 0.339 e. The molecule has 0 heterocycles. The number of carbonyl (C=O) groups excluding carboxylic acids is 1. The van der Waals surface area contributed by atoms with Gasteiger partial charge in [0.15, 0.2) is 0 Å². The maximum atomic E-state index is 11.1. The lowest BCUT2D eigenvalue weighted by molar-refractivity contribution is -0.115. The summed E-state index contributed by atoms with van der Waals surface area (Å²) in [5, 5.41) is 11.5. The first-order valence-corrected chi connectivity index (χ1v) is 4.79. The average molecular weight is 223 g/mol. The van der Waals surface area contributed by atoms with Crippen molar-refractivity contribution in [1.29, 1.82) is 0 Å². The van der Waals surface area contributed by atoms with E-state index < -0.39 is 5.97 Å². The molecule has 0 bridgehead atoms. The third kappa shape index (κ3) is 2.73. The molecule has 1 aromatic rings. The number of carbonyl (C=O) groups is 2. The van der Waals surface area contributed by atoms with Crippen LogP contribution in [0.1, 0.15) is 23.7 Å². The van der Waals surface area contributed by atoms with Crippen LogP contribution in [0.2, 0.25) is 0 Å². The Morgan fingerprint density at radius 1 is 1.44 bits per heavy atom. The van der Waals surface area contributed by atoms with Gasteiger partial charge in [-0.2, -0.15) is 0 Å². The second-order valence-corrected chi connectivity index (χ2v) is 3.12. The lowest BCUT2D eigenvalue weighted by Gasteiger charge is -2.08. The minimum atomic E-state index is -1.06. The Kier molecular flexibility index (Phi) is 3.88. The molecule has 5 heteroatoms. The van der Waals surface area contributed by atoms with Crippen LogP contribution in [0.5, 0.6) is 5.75 Å². The minimum Gasteiger partial charge on any atom is -0.496 e. The molecule has 0 saturated heterocycles. The fourth-order valence-corrected chi connectivity index (χ4v) is 1.20. The summed E-state index contributed by atoms with van der Waals surface area (Å²) in [7, 11) is 1.38. The third-order valence-electron chi connectivity index (χ3n) is 2.04. The molecule has 1 amide bonds. The van der Waals surface area contributed by atoms with Gasteiger partial charge < -0.3 is 15.2 Å². The zero-order valence-corrected chi connectivity index (χ0v) is 9.11. The number of hydrogen-bond donors (Lipinski definition) is 2. The van der Waals surface area contributed by atoms with Crippen LogP contribution in [0.3, 0.4) is 0 Å². The number of anilines is 1. The molecule has 0 fully saturated rings. The number of hydrogen-bond acceptors (Lipinski definition) is 3. The predicted octanol–water partition coefficient (Wildman–Crippen LogP) is 1.74.